The highest BCUT2D eigenvalue weighted by Gasteiger charge is 2.18. The molecule has 0 spiro atoms. The molecule has 4 rings (SSSR count). The lowest BCUT2D eigenvalue weighted by molar-refractivity contribution is 0.0474. The summed E-state index contributed by atoms with van der Waals surface area (Å²) in [5.41, 5.74) is 0.992. The van der Waals surface area contributed by atoms with Crippen molar-refractivity contribution in [2.24, 2.45) is 0 Å². The summed E-state index contributed by atoms with van der Waals surface area (Å²) in [6.07, 6.45) is 3.76. The molecule has 154 valence electrons. The van der Waals surface area contributed by atoms with E-state index in [1.54, 1.807) is 41.0 Å². The molecule has 0 unspecified atom stereocenters. The molecule has 0 fully saturated rings. The standard InChI is InChI=1S/C23H22N2O5/c1-29-20-8-5-4-7-17(20)19(26)14-30-23(28)15-10-11-16-18(13-15)24-21-9-3-2-6-12-25(21)22(16)27/h4-5,7-8,10-11,13H,2-3,6,9,12,14H2,1H3. The number of esters is 1. The fourth-order valence-electron chi connectivity index (χ4n) is 3.71. The average molecular weight is 406 g/mol. The number of ketones is 1. The fraction of sp³-hybridized carbons (Fsp3) is 0.304. The van der Waals surface area contributed by atoms with Gasteiger partial charge in [0, 0.05) is 13.0 Å². The molecule has 0 saturated carbocycles. The molecule has 7 heteroatoms. The first kappa shape index (κ1) is 19.8. The number of fused-ring (bicyclic) bond motifs is 2. The maximum atomic E-state index is 12.8. The molecule has 1 aromatic heterocycles. The Morgan fingerprint density at radius 2 is 1.93 bits per heavy atom. The molecule has 0 N–H and O–H groups in total. The molecular formula is C23H22N2O5. The van der Waals surface area contributed by atoms with Crippen molar-refractivity contribution in [3.05, 3.63) is 69.8 Å². The van der Waals surface area contributed by atoms with Gasteiger partial charge in [0.15, 0.2) is 6.61 Å². The normalized spacial score (nSPS) is 13.4. The van der Waals surface area contributed by atoms with Gasteiger partial charge in [-0.25, -0.2) is 9.78 Å². The smallest absolute Gasteiger partial charge is 0.338 e. The van der Waals surface area contributed by atoms with Gasteiger partial charge >= 0.3 is 5.97 Å². The zero-order chi connectivity index (χ0) is 21.1. The number of carbonyl (C=O) groups excluding carboxylic acids is 2. The molecule has 2 aromatic carbocycles. The van der Waals surface area contributed by atoms with Crippen LogP contribution in [0.4, 0.5) is 0 Å². The summed E-state index contributed by atoms with van der Waals surface area (Å²) in [7, 11) is 1.48. The average Bonchev–Trinajstić information content (AvgIpc) is 3.02. The number of Topliss-reactive ketones (excluding diaryl/α,β-unsaturated/α-hetero) is 1. The van der Waals surface area contributed by atoms with Gasteiger partial charge in [0.1, 0.15) is 11.6 Å². The second-order valence-corrected chi connectivity index (χ2v) is 7.23. The Kier molecular flexibility index (Phi) is 5.61. The predicted octanol–water partition coefficient (Wildman–Crippen LogP) is 3.17. The van der Waals surface area contributed by atoms with Crippen LogP contribution in [0.15, 0.2) is 47.3 Å². The van der Waals surface area contributed by atoms with Gasteiger partial charge in [0.05, 0.1) is 29.1 Å². The molecule has 0 saturated heterocycles. The lowest BCUT2D eigenvalue weighted by atomic mass is 10.1. The van der Waals surface area contributed by atoms with Gasteiger partial charge < -0.3 is 9.47 Å². The Morgan fingerprint density at radius 1 is 1.10 bits per heavy atom. The molecule has 7 nitrogen and oxygen atoms in total. The van der Waals surface area contributed by atoms with E-state index in [0.29, 0.717) is 28.8 Å². The topological polar surface area (TPSA) is 87.5 Å². The summed E-state index contributed by atoms with van der Waals surface area (Å²) >= 11 is 0. The van der Waals surface area contributed by atoms with Crippen LogP contribution >= 0.6 is 0 Å². The maximum Gasteiger partial charge on any atom is 0.338 e. The number of ether oxygens (including phenoxy) is 2. The SMILES string of the molecule is COc1ccccc1C(=O)COC(=O)c1ccc2c(=O)n3c(nc2c1)CCCCC3. The lowest BCUT2D eigenvalue weighted by Gasteiger charge is -2.11. The molecule has 0 bridgehead atoms. The van der Waals surface area contributed by atoms with Crippen LogP contribution in [-0.4, -0.2) is 35.0 Å². The van der Waals surface area contributed by atoms with Crippen molar-refractivity contribution < 1.29 is 19.1 Å². The lowest BCUT2D eigenvalue weighted by Crippen LogP contribution is -2.24. The highest BCUT2D eigenvalue weighted by Crippen LogP contribution is 2.19. The second kappa shape index (κ2) is 8.49. The minimum absolute atomic E-state index is 0.0804. The molecule has 3 aromatic rings. The number of aromatic nitrogens is 2. The zero-order valence-corrected chi connectivity index (χ0v) is 16.7. The number of methoxy groups -OCH3 is 1. The number of aryl methyl sites for hydroxylation is 1. The summed E-state index contributed by atoms with van der Waals surface area (Å²) in [6.45, 7) is 0.267. The Hall–Kier alpha value is -3.48. The van der Waals surface area contributed by atoms with Crippen LogP contribution < -0.4 is 10.3 Å². The van der Waals surface area contributed by atoms with Gasteiger partial charge in [0.25, 0.3) is 5.56 Å². The number of para-hydroxylation sites is 1. The Labute approximate surface area is 173 Å². The van der Waals surface area contributed by atoms with E-state index in [9.17, 15) is 14.4 Å². The molecule has 1 aliphatic heterocycles. The monoisotopic (exact) mass is 406 g/mol. The molecule has 1 aliphatic rings. The molecule has 0 radical (unpaired) electrons. The minimum atomic E-state index is -0.642. The molecule has 0 atom stereocenters. The minimum Gasteiger partial charge on any atom is -0.496 e. The number of benzene rings is 2. The predicted molar refractivity (Wildman–Crippen MR) is 111 cm³/mol. The number of hydrogen-bond donors (Lipinski definition) is 0. The van der Waals surface area contributed by atoms with Crippen molar-refractivity contribution >= 4 is 22.7 Å². The van der Waals surface area contributed by atoms with Crippen molar-refractivity contribution in [3.63, 3.8) is 0 Å². The van der Waals surface area contributed by atoms with Crippen LogP contribution in [0.3, 0.4) is 0 Å². The van der Waals surface area contributed by atoms with Crippen LogP contribution in [0.1, 0.15) is 45.8 Å². The quantitative estimate of drug-likeness (QED) is 0.478. The summed E-state index contributed by atoms with van der Waals surface area (Å²) in [5, 5.41) is 0.474. The molecule has 2 heterocycles. The second-order valence-electron chi connectivity index (χ2n) is 7.23. The van der Waals surface area contributed by atoms with Gasteiger partial charge in [-0.05, 0) is 43.2 Å². The van der Waals surface area contributed by atoms with E-state index in [0.717, 1.165) is 31.5 Å². The van der Waals surface area contributed by atoms with Crippen molar-refractivity contribution in [2.45, 2.75) is 32.2 Å². The number of nitrogens with zero attached hydrogens (tertiary/aromatic N) is 2. The maximum absolute atomic E-state index is 12.8. The van der Waals surface area contributed by atoms with Gasteiger partial charge in [0.2, 0.25) is 5.78 Å². The van der Waals surface area contributed by atoms with E-state index in [-0.39, 0.29) is 16.9 Å². The Morgan fingerprint density at radius 3 is 2.77 bits per heavy atom. The van der Waals surface area contributed by atoms with E-state index in [1.165, 1.54) is 13.2 Å². The van der Waals surface area contributed by atoms with Crippen LogP contribution in [-0.2, 0) is 17.7 Å². The van der Waals surface area contributed by atoms with E-state index in [4.69, 9.17) is 9.47 Å². The first-order chi connectivity index (χ1) is 14.6. The number of carbonyl (C=O) groups is 2. The van der Waals surface area contributed by atoms with Crippen LogP contribution in [0.5, 0.6) is 5.75 Å². The third-order valence-electron chi connectivity index (χ3n) is 5.29. The van der Waals surface area contributed by atoms with Gasteiger partial charge in [-0.3, -0.25) is 14.2 Å². The van der Waals surface area contributed by atoms with E-state index >= 15 is 0 Å². The molecular weight excluding hydrogens is 384 g/mol. The third kappa shape index (κ3) is 3.83. The van der Waals surface area contributed by atoms with Crippen LogP contribution in [0, 0.1) is 0 Å². The number of hydrogen-bond acceptors (Lipinski definition) is 6. The van der Waals surface area contributed by atoms with Crippen molar-refractivity contribution in [3.8, 4) is 5.75 Å². The summed E-state index contributed by atoms with van der Waals surface area (Å²) in [5.74, 6) is 0.178. The molecule has 0 amide bonds. The fourth-order valence-corrected chi connectivity index (χ4v) is 3.71. The summed E-state index contributed by atoms with van der Waals surface area (Å²) in [4.78, 5) is 42.3. The van der Waals surface area contributed by atoms with Gasteiger partial charge in [-0.1, -0.05) is 18.6 Å². The van der Waals surface area contributed by atoms with Crippen molar-refractivity contribution in [2.75, 3.05) is 13.7 Å². The van der Waals surface area contributed by atoms with Crippen molar-refractivity contribution in [1.82, 2.24) is 9.55 Å². The van der Waals surface area contributed by atoms with Crippen LogP contribution in [0.2, 0.25) is 0 Å². The van der Waals surface area contributed by atoms with Gasteiger partial charge in [-0.15, -0.1) is 0 Å². The summed E-state index contributed by atoms with van der Waals surface area (Å²) in [6, 6.07) is 11.4. The largest absolute Gasteiger partial charge is 0.496 e. The van der Waals surface area contributed by atoms with Crippen molar-refractivity contribution in [1.29, 1.82) is 0 Å². The number of rotatable bonds is 5. The van der Waals surface area contributed by atoms with E-state index < -0.39 is 12.6 Å². The third-order valence-corrected chi connectivity index (χ3v) is 5.29. The van der Waals surface area contributed by atoms with Crippen LogP contribution in [0.25, 0.3) is 10.9 Å². The first-order valence-electron chi connectivity index (χ1n) is 9.95. The van der Waals surface area contributed by atoms with Gasteiger partial charge in [-0.2, -0.15) is 0 Å². The highest BCUT2D eigenvalue weighted by atomic mass is 16.5. The molecule has 0 aliphatic carbocycles. The molecule has 30 heavy (non-hydrogen) atoms. The highest BCUT2D eigenvalue weighted by molar-refractivity contribution is 6.01. The van der Waals surface area contributed by atoms with E-state index in [1.807, 2.05) is 0 Å². The Bertz CT molecular complexity index is 1180. The Balaban J connectivity index is 1.55. The summed E-state index contributed by atoms with van der Waals surface area (Å²) < 4.78 is 12.1. The zero-order valence-electron chi connectivity index (χ0n) is 16.7. The first-order valence-corrected chi connectivity index (χ1v) is 9.95. The van der Waals surface area contributed by atoms with E-state index in [2.05, 4.69) is 4.98 Å².